The third-order valence-corrected chi connectivity index (χ3v) is 8.70. The van der Waals surface area contributed by atoms with Crippen molar-refractivity contribution in [3.05, 3.63) is 131 Å². The predicted octanol–water partition coefficient (Wildman–Crippen LogP) is 10.4. The van der Waals surface area contributed by atoms with Crippen molar-refractivity contribution in [2.45, 2.75) is 60.3 Å². The summed E-state index contributed by atoms with van der Waals surface area (Å²) in [6.07, 6.45) is 6.30. The zero-order chi connectivity index (χ0) is 31.8. The van der Waals surface area contributed by atoms with Gasteiger partial charge in [0, 0.05) is 34.5 Å². The maximum Gasteiger partial charge on any atom is 2.00 e. The molecule has 0 saturated heterocycles. The molecule has 3 heterocycles. The van der Waals surface area contributed by atoms with E-state index in [1.165, 1.54) is 29.4 Å². The number of hydrogen-bond acceptors (Lipinski definition) is 3. The first-order valence-corrected chi connectivity index (χ1v) is 16.2. The average Bonchev–Trinajstić information content (AvgIpc) is 3.53. The van der Waals surface area contributed by atoms with Gasteiger partial charge in [-0.1, -0.05) is 86.2 Å². The van der Waals surface area contributed by atoms with Crippen molar-refractivity contribution >= 4 is 21.8 Å². The van der Waals surface area contributed by atoms with Crippen molar-refractivity contribution in [2.24, 2.45) is 0 Å². The molecule has 0 radical (unpaired) electrons. The second-order valence-corrected chi connectivity index (χ2v) is 12.3. The molecule has 47 heavy (non-hydrogen) atoms. The van der Waals surface area contributed by atoms with Crippen LogP contribution in [0.2, 0.25) is 0 Å². The van der Waals surface area contributed by atoms with Crippen LogP contribution in [-0.2, 0) is 27.5 Å². The van der Waals surface area contributed by atoms with Gasteiger partial charge < -0.3 is 9.30 Å². The van der Waals surface area contributed by atoms with Crippen LogP contribution in [0.25, 0.3) is 44.4 Å². The second-order valence-electron chi connectivity index (χ2n) is 12.3. The van der Waals surface area contributed by atoms with Gasteiger partial charge in [-0.2, -0.15) is 16.7 Å². The summed E-state index contributed by atoms with van der Waals surface area (Å²) in [5.41, 5.74) is 10.9. The second kappa shape index (κ2) is 13.7. The van der Waals surface area contributed by atoms with Crippen molar-refractivity contribution in [1.82, 2.24) is 19.3 Å². The quantitative estimate of drug-likeness (QED) is 0.108. The van der Waals surface area contributed by atoms with Crippen LogP contribution >= 0.6 is 0 Å². The molecule has 7 rings (SSSR count). The van der Waals surface area contributed by atoms with E-state index >= 15 is 0 Å². The van der Waals surface area contributed by atoms with Gasteiger partial charge in [0.1, 0.15) is 5.82 Å². The average molecular weight is 798 g/mol. The zero-order valence-corrected chi connectivity index (χ0v) is 29.8. The van der Waals surface area contributed by atoms with Crippen LogP contribution in [0.5, 0.6) is 11.5 Å². The number of fused-ring (bicyclic) bond motifs is 3. The van der Waals surface area contributed by atoms with Crippen molar-refractivity contribution < 1.29 is 25.8 Å². The van der Waals surface area contributed by atoms with E-state index < -0.39 is 0 Å². The van der Waals surface area contributed by atoms with Gasteiger partial charge in [0.25, 0.3) is 0 Å². The molecule has 0 bridgehead atoms. The number of unbranched alkanes of at least 4 members (excludes halogenated alkanes) is 2. The third kappa shape index (κ3) is 6.42. The standard InChI is InChI=1S/C41H38N4O.Pt/c1-6-7-9-12-31-23-33(45-30(5)41(29(4)43-45)32-13-10-8-11-14-32)25-35(24-31)46-34-16-17-36-37-21-27(2)15-18-38(37)44(39(36)26-34)40-22-28(3)19-20-42-40;/h8,10-11,13-24H,6-7,9,12H2,1-5H3;/q-2;+2. The maximum absolute atomic E-state index is 6.61. The summed E-state index contributed by atoms with van der Waals surface area (Å²) in [7, 11) is 0. The molecular weight excluding hydrogens is 760 g/mol. The van der Waals surface area contributed by atoms with Crippen LogP contribution < -0.4 is 4.74 Å². The molecule has 0 aliphatic carbocycles. The monoisotopic (exact) mass is 797 g/mol. The van der Waals surface area contributed by atoms with Gasteiger partial charge in [-0.15, -0.1) is 35.7 Å². The van der Waals surface area contributed by atoms with Gasteiger partial charge in [0.2, 0.25) is 0 Å². The summed E-state index contributed by atoms with van der Waals surface area (Å²) in [6, 6.07) is 36.7. The Morgan fingerprint density at radius 1 is 0.766 bits per heavy atom. The van der Waals surface area contributed by atoms with Crippen LogP contribution in [0.4, 0.5) is 0 Å². The normalized spacial score (nSPS) is 11.3. The van der Waals surface area contributed by atoms with Crippen molar-refractivity contribution in [1.29, 1.82) is 0 Å². The Morgan fingerprint density at radius 2 is 1.57 bits per heavy atom. The largest absolute Gasteiger partial charge is 2.00 e. The fourth-order valence-corrected chi connectivity index (χ4v) is 6.47. The Morgan fingerprint density at radius 3 is 2.36 bits per heavy atom. The molecule has 7 aromatic rings. The molecule has 0 aliphatic heterocycles. The van der Waals surface area contributed by atoms with E-state index in [1.807, 2.05) is 29.1 Å². The number of nitrogens with zero attached hydrogens (tertiary/aromatic N) is 4. The molecule has 238 valence electrons. The Balaban J connectivity index is 0.00000386. The van der Waals surface area contributed by atoms with Gasteiger partial charge >= 0.3 is 21.1 Å². The first-order chi connectivity index (χ1) is 22.4. The topological polar surface area (TPSA) is 44.9 Å². The summed E-state index contributed by atoms with van der Waals surface area (Å²) < 4.78 is 10.8. The molecule has 0 atom stereocenters. The molecule has 3 aromatic heterocycles. The molecular formula is C41H38N4OPt. The van der Waals surface area contributed by atoms with E-state index in [0.717, 1.165) is 68.8 Å². The van der Waals surface area contributed by atoms with Crippen molar-refractivity contribution in [3.63, 3.8) is 0 Å². The van der Waals surface area contributed by atoms with Crippen molar-refractivity contribution in [2.75, 3.05) is 0 Å². The molecule has 0 aliphatic rings. The summed E-state index contributed by atoms with van der Waals surface area (Å²) in [4.78, 5) is 4.74. The minimum atomic E-state index is 0. The maximum atomic E-state index is 6.61. The molecule has 0 amide bonds. The van der Waals surface area contributed by atoms with Crippen LogP contribution in [0.15, 0.2) is 91.1 Å². The Labute approximate surface area is 291 Å². The molecule has 4 aromatic carbocycles. The summed E-state index contributed by atoms with van der Waals surface area (Å²) >= 11 is 0. The molecule has 6 heteroatoms. The fourth-order valence-electron chi connectivity index (χ4n) is 6.47. The molecule has 0 fully saturated rings. The van der Waals surface area contributed by atoms with Crippen LogP contribution in [0, 0.1) is 39.8 Å². The Bertz CT molecular complexity index is 2200. The minimum Gasteiger partial charge on any atom is -0.509 e. The predicted molar refractivity (Wildman–Crippen MR) is 187 cm³/mol. The number of rotatable bonds is 9. The summed E-state index contributed by atoms with van der Waals surface area (Å²) in [6.45, 7) is 10.7. The number of hydrogen-bond donors (Lipinski definition) is 0. The smallest absolute Gasteiger partial charge is 0.509 e. The summed E-state index contributed by atoms with van der Waals surface area (Å²) in [5, 5.41) is 7.27. The molecule has 0 unspecified atom stereocenters. The van der Waals surface area contributed by atoms with E-state index in [0.29, 0.717) is 11.5 Å². The van der Waals surface area contributed by atoms with E-state index in [2.05, 4.69) is 118 Å². The van der Waals surface area contributed by atoms with E-state index in [4.69, 9.17) is 14.8 Å². The Kier molecular flexibility index (Phi) is 9.47. The Hall–Kier alpha value is -4.47. The minimum absolute atomic E-state index is 0. The van der Waals surface area contributed by atoms with Crippen LogP contribution in [-0.4, -0.2) is 19.3 Å². The van der Waals surface area contributed by atoms with Gasteiger partial charge in [-0.25, -0.2) is 4.98 Å². The molecule has 0 spiro atoms. The van der Waals surface area contributed by atoms with Gasteiger partial charge in [0.15, 0.2) is 0 Å². The molecule has 5 nitrogen and oxygen atoms in total. The number of ether oxygens (including phenoxy) is 1. The SMILES string of the molecule is CCCCCc1cc(Oc2[c-]c3c(cc2)c2cc(C)ccc2n3-c2cc(C)ccn2)[c-]c(-n2nc(C)c(-c3ccccc3)c2C)c1.[Pt+2]. The van der Waals surface area contributed by atoms with E-state index in [-0.39, 0.29) is 21.1 Å². The number of pyridine rings is 1. The van der Waals surface area contributed by atoms with Gasteiger partial charge in [-0.3, -0.25) is 4.68 Å². The molecule has 0 N–H and O–H groups in total. The number of aromatic nitrogens is 4. The van der Waals surface area contributed by atoms with E-state index in [9.17, 15) is 0 Å². The number of aryl methyl sites for hydroxylation is 4. The van der Waals surface area contributed by atoms with Crippen molar-refractivity contribution in [3.8, 4) is 34.1 Å². The van der Waals surface area contributed by atoms with E-state index in [1.54, 1.807) is 0 Å². The zero-order valence-electron chi connectivity index (χ0n) is 27.5. The summed E-state index contributed by atoms with van der Waals surface area (Å²) in [5.74, 6) is 2.15. The van der Waals surface area contributed by atoms with Gasteiger partial charge in [0.05, 0.1) is 5.69 Å². The van der Waals surface area contributed by atoms with Crippen LogP contribution in [0.1, 0.15) is 54.3 Å². The number of benzene rings is 4. The first kappa shape index (κ1) is 32.5. The first-order valence-electron chi connectivity index (χ1n) is 16.2. The van der Waals surface area contributed by atoms with Gasteiger partial charge in [-0.05, 0) is 68.1 Å². The fraction of sp³-hybridized carbons (Fsp3) is 0.220. The third-order valence-electron chi connectivity index (χ3n) is 8.70. The molecule has 0 saturated carbocycles. The van der Waals surface area contributed by atoms with Crippen LogP contribution in [0.3, 0.4) is 0 Å².